The molecule has 0 saturated carbocycles. The van der Waals surface area contributed by atoms with Gasteiger partial charge in [0, 0.05) is 24.7 Å². The predicted octanol–water partition coefficient (Wildman–Crippen LogP) is 3.04. The lowest BCUT2D eigenvalue weighted by Crippen LogP contribution is -2.34. The van der Waals surface area contributed by atoms with Crippen LogP contribution < -0.4 is 15.6 Å². The first-order valence-corrected chi connectivity index (χ1v) is 12.4. The van der Waals surface area contributed by atoms with E-state index in [-0.39, 0.29) is 15.5 Å². The number of aromatic nitrogens is 2. The number of urea groups is 1. The number of halogens is 1. The molecule has 2 amide bonds. The Morgan fingerprint density at radius 2 is 1.88 bits per heavy atom. The molecule has 3 aromatic heterocycles. The minimum absolute atomic E-state index is 0.212. The number of benzene rings is 1. The van der Waals surface area contributed by atoms with Crippen molar-refractivity contribution in [3.63, 3.8) is 0 Å². The van der Waals surface area contributed by atoms with Gasteiger partial charge in [0.2, 0.25) is 0 Å². The van der Waals surface area contributed by atoms with Crippen molar-refractivity contribution in [3.05, 3.63) is 81.5 Å². The Morgan fingerprint density at radius 3 is 2.56 bits per heavy atom. The van der Waals surface area contributed by atoms with Crippen LogP contribution in [0.2, 0.25) is 0 Å². The van der Waals surface area contributed by atoms with Gasteiger partial charge in [0.1, 0.15) is 10.0 Å². The molecule has 0 aliphatic carbocycles. The summed E-state index contributed by atoms with van der Waals surface area (Å²) >= 11 is 0.407. The van der Waals surface area contributed by atoms with Crippen LogP contribution in [0.4, 0.5) is 14.9 Å². The van der Waals surface area contributed by atoms with E-state index >= 15 is 0 Å². The number of nitrogens with zero attached hydrogens (tertiary/aromatic N) is 3. The molecule has 9 nitrogen and oxygen atoms in total. The summed E-state index contributed by atoms with van der Waals surface area (Å²) in [7, 11) is -2.17. The van der Waals surface area contributed by atoms with Crippen molar-refractivity contribution in [2.24, 2.45) is 0 Å². The second kappa shape index (κ2) is 8.31. The van der Waals surface area contributed by atoms with E-state index in [9.17, 15) is 22.4 Å². The fraction of sp³-hybridized carbons (Fsp3) is 0.136. The summed E-state index contributed by atoms with van der Waals surface area (Å²) in [6.07, 6.45) is 2.95. The molecule has 0 atom stereocenters. The van der Waals surface area contributed by atoms with Crippen molar-refractivity contribution in [1.82, 2.24) is 19.2 Å². The summed E-state index contributed by atoms with van der Waals surface area (Å²) in [5.41, 5.74) is 2.34. The summed E-state index contributed by atoms with van der Waals surface area (Å²) < 4.78 is 40.3. The number of rotatable bonds is 4. The van der Waals surface area contributed by atoms with Crippen molar-refractivity contribution < 1.29 is 17.6 Å². The zero-order valence-electron chi connectivity index (χ0n) is 17.8. The molecule has 12 heteroatoms. The molecule has 1 aliphatic heterocycles. The van der Waals surface area contributed by atoms with Gasteiger partial charge in [0.15, 0.2) is 5.13 Å². The fourth-order valence-electron chi connectivity index (χ4n) is 3.87. The number of carbonyl (C=O) groups excluding carboxylic acids is 1. The SMILES string of the molecule is CN1Cc2cc3ccn(-c4ccc(NC(=O)NS(=O)(=O)c5ccc(F)s5)cn4)c(=O)c3cc2C1. The van der Waals surface area contributed by atoms with E-state index in [1.807, 2.05) is 30.0 Å². The molecular formula is C22H18FN5O4S2. The number of fused-ring (bicyclic) bond motifs is 2. The predicted molar refractivity (Wildman–Crippen MR) is 126 cm³/mol. The molecule has 0 spiro atoms. The number of amides is 2. The molecule has 0 bridgehead atoms. The molecule has 34 heavy (non-hydrogen) atoms. The molecule has 4 heterocycles. The van der Waals surface area contributed by atoms with Gasteiger partial charge < -0.3 is 5.32 Å². The van der Waals surface area contributed by atoms with Crippen LogP contribution >= 0.6 is 11.3 Å². The summed E-state index contributed by atoms with van der Waals surface area (Å²) in [6, 6.07) is 9.89. The zero-order valence-corrected chi connectivity index (χ0v) is 19.4. The second-order valence-corrected chi connectivity index (χ2v) is 10.8. The highest BCUT2D eigenvalue weighted by Gasteiger charge is 2.21. The fourth-order valence-corrected chi connectivity index (χ4v) is 5.78. The van der Waals surface area contributed by atoms with Gasteiger partial charge in [0.25, 0.3) is 15.6 Å². The second-order valence-electron chi connectivity index (χ2n) is 7.89. The quantitative estimate of drug-likeness (QED) is 0.446. The van der Waals surface area contributed by atoms with Gasteiger partial charge in [-0.1, -0.05) is 11.3 Å². The first kappa shape index (κ1) is 22.2. The Kier molecular flexibility index (Phi) is 5.42. The smallest absolute Gasteiger partial charge is 0.306 e. The highest BCUT2D eigenvalue weighted by molar-refractivity contribution is 7.92. The minimum atomic E-state index is -4.20. The van der Waals surface area contributed by atoms with E-state index in [1.165, 1.54) is 28.5 Å². The monoisotopic (exact) mass is 499 g/mol. The molecule has 5 rings (SSSR count). The lowest BCUT2D eigenvalue weighted by atomic mass is 10.0. The van der Waals surface area contributed by atoms with Crippen molar-refractivity contribution in [2.45, 2.75) is 17.3 Å². The average Bonchev–Trinajstić information content (AvgIpc) is 3.38. The third kappa shape index (κ3) is 4.18. The van der Waals surface area contributed by atoms with E-state index in [0.717, 1.165) is 36.2 Å². The van der Waals surface area contributed by atoms with Gasteiger partial charge in [-0.3, -0.25) is 14.3 Å². The van der Waals surface area contributed by atoms with E-state index < -0.39 is 21.2 Å². The molecule has 4 aromatic rings. The van der Waals surface area contributed by atoms with Crippen molar-refractivity contribution in [2.75, 3.05) is 12.4 Å². The lowest BCUT2D eigenvalue weighted by molar-refractivity contribution is 0.256. The highest BCUT2D eigenvalue weighted by atomic mass is 32.2. The maximum absolute atomic E-state index is 13.1. The number of pyridine rings is 2. The first-order valence-electron chi connectivity index (χ1n) is 10.1. The van der Waals surface area contributed by atoms with Gasteiger partial charge in [-0.15, -0.1) is 0 Å². The van der Waals surface area contributed by atoms with E-state index in [1.54, 1.807) is 6.20 Å². The summed E-state index contributed by atoms with van der Waals surface area (Å²) in [6.45, 7) is 1.64. The zero-order chi connectivity index (χ0) is 24.0. The van der Waals surface area contributed by atoms with Crippen LogP contribution in [-0.4, -0.2) is 35.9 Å². The molecule has 1 aromatic carbocycles. The number of sulfonamides is 1. The topological polar surface area (TPSA) is 113 Å². The van der Waals surface area contributed by atoms with Crippen LogP contribution in [0.15, 0.2) is 63.9 Å². The van der Waals surface area contributed by atoms with Crippen molar-refractivity contribution >= 4 is 43.9 Å². The van der Waals surface area contributed by atoms with Gasteiger partial charge in [-0.25, -0.2) is 22.9 Å². The largest absolute Gasteiger partial charge is 0.333 e. The van der Waals surface area contributed by atoms with Gasteiger partial charge in [-0.2, -0.15) is 4.39 Å². The number of hydrogen-bond acceptors (Lipinski definition) is 7. The van der Waals surface area contributed by atoms with E-state index in [2.05, 4.69) is 15.2 Å². The summed E-state index contributed by atoms with van der Waals surface area (Å²) in [5.74, 6) is 0.345. The van der Waals surface area contributed by atoms with Crippen LogP contribution in [-0.2, 0) is 23.1 Å². The summed E-state index contributed by atoms with van der Waals surface area (Å²) in [5, 5.41) is 3.13. The standard InChI is InChI=1S/C22H18FN5O4S2/c1-27-11-14-8-13-6-7-28(21(29)17(13)9-15(14)12-27)19-4-2-16(10-24-19)25-22(30)26-34(31,32)20-5-3-18(23)33-20/h2-10H,11-12H2,1H3,(H2,25,26,30). The Hall–Kier alpha value is -3.61. The van der Waals surface area contributed by atoms with E-state index in [4.69, 9.17) is 0 Å². The molecule has 0 radical (unpaired) electrons. The number of hydrogen-bond donors (Lipinski definition) is 2. The van der Waals surface area contributed by atoms with Crippen molar-refractivity contribution in [1.29, 1.82) is 0 Å². The average molecular weight is 500 g/mol. The molecule has 0 fully saturated rings. The third-order valence-electron chi connectivity index (χ3n) is 5.40. The first-order chi connectivity index (χ1) is 16.2. The van der Waals surface area contributed by atoms with E-state index in [0.29, 0.717) is 22.5 Å². The van der Waals surface area contributed by atoms with Crippen LogP contribution in [0.25, 0.3) is 16.6 Å². The Labute approximate surface area is 197 Å². The molecule has 0 saturated heterocycles. The maximum atomic E-state index is 13.1. The maximum Gasteiger partial charge on any atom is 0.333 e. The molecule has 1 aliphatic rings. The van der Waals surface area contributed by atoms with Gasteiger partial charge in [0.05, 0.1) is 11.9 Å². The van der Waals surface area contributed by atoms with Gasteiger partial charge >= 0.3 is 6.03 Å². The molecule has 174 valence electrons. The van der Waals surface area contributed by atoms with Crippen LogP contribution in [0, 0.1) is 5.13 Å². The van der Waals surface area contributed by atoms with Crippen LogP contribution in [0.1, 0.15) is 11.1 Å². The third-order valence-corrected chi connectivity index (χ3v) is 8.09. The van der Waals surface area contributed by atoms with Crippen LogP contribution in [0.3, 0.4) is 0 Å². The Bertz CT molecular complexity index is 1600. The molecule has 2 N–H and O–H groups in total. The van der Waals surface area contributed by atoms with Crippen molar-refractivity contribution in [3.8, 4) is 5.82 Å². The number of thiophene rings is 1. The minimum Gasteiger partial charge on any atom is -0.306 e. The number of carbonyl (C=O) groups is 1. The summed E-state index contributed by atoms with van der Waals surface area (Å²) in [4.78, 5) is 31.6. The highest BCUT2D eigenvalue weighted by Crippen LogP contribution is 2.26. The van der Waals surface area contributed by atoms with Crippen LogP contribution in [0.5, 0.6) is 0 Å². The number of anilines is 1. The molecular weight excluding hydrogens is 481 g/mol. The molecule has 0 unspecified atom stereocenters. The van der Waals surface area contributed by atoms with Gasteiger partial charge in [-0.05, 0) is 66.0 Å². The number of nitrogens with one attached hydrogen (secondary N) is 2. The lowest BCUT2D eigenvalue weighted by Gasteiger charge is -2.10. The Morgan fingerprint density at radius 1 is 1.12 bits per heavy atom. The normalized spacial score (nSPS) is 13.7. The Balaban J connectivity index is 1.35.